The number of nitrogens with one attached hydrogen (secondary N) is 1. The minimum atomic E-state index is -0.718. The van der Waals surface area contributed by atoms with Gasteiger partial charge in [0.25, 0.3) is 5.91 Å². The fourth-order valence-electron chi connectivity index (χ4n) is 1.82. The molecule has 0 atom stereocenters. The maximum absolute atomic E-state index is 13.7. The highest BCUT2D eigenvalue weighted by atomic mass is 35.5. The highest BCUT2D eigenvalue weighted by Crippen LogP contribution is 2.25. The Kier molecular flexibility index (Phi) is 5.76. The van der Waals surface area contributed by atoms with Gasteiger partial charge in [-0.15, -0.1) is 0 Å². The van der Waals surface area contributed by atoms with E-state index in [1.807, 2.05) is 13.8 Å². The van der Waals surface area contributed by atoms with Gasteiger partial charge in [-0.1, -0.05) is 31.5 Å². The molecule has 0 aliphatic rings. The smallest absolute Gasteiger partial charge is 0.254 e. The molecule has 0 saturated heterocycles. The van der Waals surface area contributed by atoms with Crippen LogP contribution < -0.4 is 5.32 Å². The summed E-state index contributed by atoms with van der Waals surface area (Å²) in [5.74, 6) is -1.23. The summed E-state index contributed by atoms with van der Waals surface area (Å²) < 4.78 is 13.7. The molecule has 0 spiro atoms. The molecule has 0 bridgehead atoms. The maximum Gasteiger partial charge on any atom is 0.254 e. The number of amides is 1. The van der Waals surface area contributed by atoms with Crippen molar-refractivity contribution in [1.82, 2.24) is 5.32 Å². The van der Waals surface area contributed by atoms with Gasteiger partial charge in [0.1, 0.15) is 0 Å². The second-order valence-electron chi connectivity index (χ2n) is 4.65. The largest absolute Gasteiger partial charge is 0.396 e. The van der Waals surface area contributed by atoms with Crippen LogP contribution in [0.1, 0.15) is 37.0 Å². The Labute approximate surface area is 117 Å². The van der Waals surface area contributed by atoms with Gasteiger partial charge in [0, 0.05) is 12.0 Å². The van der Waals surface area contributed by atoms with Gasteiger partial charge in [0.05, 0.1) is 17.2 Å². The number of aliphatic hydroxyl groups excluding tert-OH is 1. The number of rotatable bonds is 6. The van der Waals surface area contributed by atoms with Crippen LogP contribution in [0, 0.1) is 11.2 Å². The van der Waals surface area contributed by atoms with E-state index in [0.29, 0.717) is 6.54 Å². The molecule has 1 aromatic rings. The Balaban J connectivity index is 2.78. The van der Waals surface area contributed by atoms with Crippen LogP contribution >= 0.6 is 11.6 Å². The van der Waals surface area contributed by atoms with E-state index in [1.165, 1.54) is 18.2 Å². The van der Waals surface area contributed by atoms with Crippen LogP contribution in [0.5, 0.6) is 0 Å². The van der Waals surface area contributed by atoms with Gasteiger partial charge in [0.15, 0.2) is 5.82 Å². The van der Waals surface area contributed by atoms with Crippen LogP contribution in [0.15, 0.2) is 18.2 Å². The number of benzene rings is 1. The second kappa shape index (κ2) is 6.87. The maximum atomic E-state index is 13.7. The van der Waals surface area contributed by atoms with E-state index in [0.717, 1.165) is 12.8 Å². The van der Waals surface area contributed by atoms with Crippen molar-refractivity contribution in [3.05, 3.63) is 34.6 Å². The van der Waals surface area contributed by atoms with Crippen molar-refractivity contribution in [2.24, 2.45) is 5.41 Å². The fourth-order valence-corrected chi connectivity index (χ4v) is 2.00. The summed E-state index contributed by atoms with van der Waals surface area (Å²) in [5.41, 5.74) is -0.434. The molecule has 0 heterocycles. The number of halogens is 2. The molecule has 1 aromatic carbocycles. The van der Waals surface area contributed by atoms with Crippen LogP contribution in [0.2, 0.25) is 5.02 Å². The van der Waals surface area contributed by atoms with Crippen molar-refractivity contribution in [3.8, 4) is 0 Å². The van der Waals surface area contributed by atoms with E-state index in [4.69, 9.17) is 11.6 Å². The Hall–Kier alpha value is -1.13. The molecule has 1 rings (SSSR count). The summed E-state index contributed by atoms with van der Waals surface area (Å²) in [5, 5.41) is 12.0. The summed E-state index contributed by atoms with van der Waals surface area (Å²) in [4.78, 5) is 11.9. The fraction of sp³-hybridized carbons (Fsp3) is 0.500. The van der Waals surface area contributed by atoms with Crippen LogP contribution in [0.3, 0.4) is 0 Å². The first kappa shape index (κ1) is 15.9. The van der Waals surface area contributed by atoms with Crippen molar-refractivity contribution < 1.29 is 14.3 Å². The van der Waals surface area contributed by atoms with Gasteiger partial charge in [-0.25, -0.2) is 4.39 Å². The van der Waals surface area contributed by atoms with E-state index < -0.39 is 11.7 Å². The quantitative estimate of drug-likeness (QED) is 0.845. The van der Waals surface area contributed by atoms with E-state index in [2.05, 4.69) is 5.32 Å². The Bertz CT molecular complexity index is 439. The molecule has 0 aliphatic heterocycles. The molecule has 0 aromatic heterocycles. The highest BCUT2D eigenvalue weighted by molar-refractivity contribution is 6.31. The summed E-state index contributed by atoms with van der Waals surface area (Å²) in [7, 11) is 0. The lowest BCUT2D eigenvalue weighted by Gasteiger charge is -2.29. The van der Waals surface area contributed by atoms with Crippen molar-refractivity contribution in [3.63, 3.8) is 0 Å². The standard InChI is InChI=1S/C14H19ClFNO2/c1-3-14(4-2,9-18)8-17-13(19)10-6-5-7-11(15)12(10)16/h5-7,18H,3-4,8-9H2,1-2H3,(H,17,19). The van der Waals surface area contributed by atoms with Gasteiger partial charge < -0.3 is 10.4 Å². The molecule has 1 amide bonds. The molecule has 2 N–H and O–H groups in total. The number of carbonyl (C=O) groups excluding carboxylic acids is 1. The third-order valence-corrected chi connectivity index (χ3v) is 3.95. The third-order valence-electron chi connectivity index (χ3n) is 3.66. The topological polar surface area (TPSA) is 49.3 Å². The minimum Gasteiger partial charge on any atom is -0.396 e. The predicted octanol–water partition coefficient (Wildman–Crippen LogP) is 3.01. The lowest BCUT2D eigenvalue weighted by molar-refractivity contribution is 0.0847. The molecule has 0 unspecified atom stereocenters. The SMILES string of the molecule is CCC(CC)(CO)CNC(=O)c1cccc(Cl)c1F. The zero-order chi connectivity index (χ0) is 14.5. The lowest BCUT2D eigenvalue weighted by Crippen LogP contribution is -2.39. The minimum absolute atomic E-state index is 0.0156. The predicted molar refractivity (Wildman–Crippen MR) is 73.8 cm³/mol. The lowest BCUT2D eigenvalue weighted by atomic mass is 9.83. The summed E-state index contributed by atoms with van der Waals surface area (Å²) in [6, 6.07) is 4.30. The molecular weight excluding hydrogens is 269 g/mol. The number of hydrogen-bond acceptors (Lipinski definition) is 2. The van der Waals surface area contributed by atoms with Gasteiger partial charge >= 0.3 is 0 Å². The average Bonchev–Trinajstić information content (AvgIpc) is 2.44. The molecule has 0 fully saturated rings. The molecule has 0 saturated carbocycles. The normalized spacial score (nSPS) is 11.4. The van der Waals surface area contributed by atoms with Crippen molar-refractivity contribution in [1.29, 1.82) is 0 Å². The summed E-state index contributed by atoms with van der Waals surface area (Å²) >= 11 is 5.63. The molecule has 0 radical (unpaired) electrons. The first-order valence-corrected chi connectivity index (χ1v) is 6.70. The van der Waals surface area contributed by atoms with E-state index in [-0.39, 0.29) is 22.6 Å². The van der Waals surface area contributed by atoms with Crippen molar-refractivity contribution in [2.45, 2.75) is 26.7 Å². The van der Waals surface area contributed by atoms with Crippen LogP contribution in [0.4, 0.5) is 4.39 Å². The number of hydrogen-bond donors (Lipinski definition) is 2. The summed E-state index contributed by atoms with van der Waals surface area (Å²) in [6.07, 6.45) is 1.47. The second-order valence-corrected chi connectivity index (χ2v) is 5.06. The Morgan fingerprint density at radius 3 is 2.58 bits per heavy atom. The zero-order valence-electron chi connectivity index (χ0n) is 11.2. The third kappa shape index (κ3) is 3.67. The number of aliphatic hydroxyl groups is 1. The van der Waals surface area contributed by atoms with E-state index >= 15 is 0 Å². The Morgan fingerprint density at radius 2 is 2.05 bits per heavy atom. The van der Waals surface area contributed by atoms with Crippen LogP contribution in [0.25, 0.3) is 0 Å². The monoisotopic (exact) mass is 287 g/mol. The van der Waals surface area contributed by atoms with Crippen LogP contribution in [-0.4, -0.2) is 24.2 Å². The van der Waals surface area contributed by atoms with Crippen LogP contribution in [-0.2, 0) is 0 Å². The molecular formula is C14H19ClFNO2. The molecule has 19 heavy (non-hydrogen) atoms. The van der Waals surface area contributed by atoms with Crippen molar-refractivity contribution in [2.75, 3.05) is 13.2 Å². The molecule has 5 heteroatoms. The first-order valence-electron chi connectivity index (χ1n) is 6.32. The Morgan fingerprint density at radius 1 is 1.42 bits per heavy atom. The van der Waals surface area contributed by atoms with Gasteiger partial charge in [-0.05, 0) is 25.0 Å². The molecule has 0 aliphatic carbocycles. The molecule has 106 valence electrons. The average molecular weight is 288 g/mol. The number of carbonyl (C=O) groups is 1. The van der Waals surface area contributed by atoms with Gasteiger partial charge in [-0.3, -0.25) is 4.79 Å². The molecule has 3 nitrogen and oxygen atoms in total. The van der Waals surface area contributed by atoms with Gasteiger partial charge in [0.2, 0.25) is 0 Å². The summed E-state index contributed by atoms with van der Waals surface area (Å²) in [6.45, 7) is 4.19. The van der Waals surface area contributed by atoms with E-state index in [1.54, 1.807) is 0 Å². The highest BCUT2D eigenvalue weighted by Gasteiger charge is 2.26. The van der Waals surface area contributed by atoms with Crippen molar-refractivity contribution >= 4 is 17.5 Å². The first-order chi connectivity index (χ1) is 8.99. The zero-order valence-corrected chi connectivity index (χ0v) is 11.9. The van der Waals surface area contributed by atoms with Gasteiger partial charge in [-0.2, -0.15) is 0 Å². The van der Waals surface area contributed by atoms with E-state index in [9.17, 15) is 14.3 Å².